The van der Waals surface area contributed by atoms with Crippen molar-refractivity contribution in [1.82, 2.24) is 5.32 Å². The van der Waals surface area contributed by atoms with Gasteiger partial charge in [0.2, 0.25) is 0 Å². The molecule has 1 fully saturated rings. The van der Waals surface area contributed by atoms with Gasteiger partial charge in [-0.15, -0.1) is 0 Å². The monoisotopic (exact) mass is 218 g/mol. The van der Waals surface area contributed by atoms with Gasteiger partial charge in [0.05, 0.1) is 0 Å². The van der Waals surface area contributed by atoms with Crippen molar-refractivity contribution in [3.8, 4) is 0 Å². The zero-order chi connectivity index (χ0) is 11.5. The molecule has 1 N–H and O–H groups in total. The van der Waals surface area contributed by atoms with E-state index in [1.54, 1.807) is 0 Å². The molecule has 1 aliphatic rings. The summed E-state index contributed by atoms with van der Waals surface area (Å²) in [6.07, 6.45) is 1.21. The molecule has 1 atom stereocenters. The summed E-state index contributed by atoms with van der Waals surface area (Å²) in [6.45, 7) is 9.97. The average molecular weight is 218 g/mol. The van der Waals surface area contributed by atoms with Crippen LogP contribution in [0.1, 0.15) is 24.5 Å². The zero-order valence-electron chi connectivity index (χ0n) is 10.6. The fraction of sp³-hybridized carbons (Fsp3) is 0.571. The molecular weight excluding hydrogens is 196 g/mol. The van der Waals surface area contributed by atoms with Gasteiger partial charge in [-0.05, 0) is 43.5 Å². The molecule has 1 heterocycles. The van der Waals surface area contributed by atoms with Crippen molar-refractivity contribution in [3.05, 3.63) is 29.3 Å². The van der Waals surface area contributed by atoms with Crippen LogP contribution < -0.4 is 10.2 Å². The number of nitrogens with zero attached hydrogens (tertiary/aromatic N) is 1. The van der Waals surface area contributed by atoms with Crippen LogP contribution in [0.4, 0.5) is 5.69 Å². The minimum absolute atomic E-state index is 0.648. The Balaban J connectivity index is 2.16. The highest BCUT2D eigenvalue weighted by Crippen LogP contribution is 2.20. The van der Waals surface area contributed by atoms with Crippen LogP contribution in [0.25, 0.3) is 0 Å². The fourth-order valence-corrected chi connectivity index (χ4v) is 2.47. The third kappa shape index (κ3) is 2.56. The number of anilines is 1. The van der Waals surface area contributed by atoms with Crippen molar-refractivity contribution < 1.29 is 0 Å². The molecule has 2 rings (SSSR count). The van der Waals surface area contributed by atoms with E-state index in [1.807, 2.05) is 0 Å². The summed E-state index contributed by atoms with van der Waals surface area (Å²) in [7, 11) is 0. The van der Waals surface area contributed by atoms with Crippen molar-refractivity contribution in [2.24, 2.45) is 0 Å². The Bertz CT molecular complexity index is 340. The summed E-state index contributed by atoms with van der Waals surface area (Å²) in [5, 5.41) is 3.56. The second-order valence-electron chi connectivity index (χ2n) is 4.85. The van der Waals surface area contributed by atoms with Gasteiger partial charge in [-0.1, -0.05) is 13.0 Å². The van der Waals surface area contributed by atoms with Crippen LogP contribution >= 0.6 is 0 Å². The topological polar surface area (TPSA) is 15.3 Å². The smallest absolute Gasteiger partial charge is 0.0372 e. The van der Waals surface area contributed by atoms with Gasteiger partial charge in [-0.3, -0.25) is 0 Å². The highest BCUT2D eigenvalue weighted by molar-refractivity contribution is 5.51. The lowest BCUT2D eigenvalue weighted by Gasteiger charge is -2.35. The van der Waals surface area contributed by atoms with Gasteiger partial charge < -0.3 is 10.2 Å². The molecule has 0 saturated carbocycles. The number of hydrogen-bond acceptors (Lipinski definition) is 2. The van der Waals surface area contributed by atoms with Gasteiger partial charge in [0.15, 0.2) is 0 Å². The lowest BCUT2D eigenvalue weighted by molar-refractivity contribution is 0.447. The van der Waals surface area contributed by atoms with Crippen molar-refractivity contribution in [2.75, 3.05) is 24.5 Å². The van der Waals surface area contributed by atoms with Crippen LogP contribution in [0.5, 0.6) is 0 Å². The third-order valence-corrected chi connectivity index (χ3v) is 3.32. The molecule has 0 aromatic heterocycles. The number of piperazine rings is 1. The van der Waals surface area contributed by atoms with Crippen molar-refractivity contribution in [3.63, 3.8) is 0 Å². The maximum atomic E-state index is 3.56. The lowest BCUT2D eigenvalue weighted by atomic mass is 10.1. The molecule has 1 aliphatic heterocycles. The van der Waals surface area contributed by atoms with Crippen LogP contribution in [0, 0.1) is 13.8 Å². The molecule has 0 amide bonds. The van der Waals surface area contributed by atoms with Crippen molar-refractivity contribution >= 4 is 5.69 Å². The molecule has 0 spiro atoms. The second-order valence-corrected chi connectivity index (χ2v) is 4.85. The minimum atomic E-state index is 0.648. The maximum Gasteiger partial charge on any atom is 0.0372 e. The van der Waals surface area contributed by atoms with Crippen LogP contribution in [0.15, 0.2) is 18.2 Å². The normalized spacial score (nSPS) is 21.2. The molecule has 1 aromatic rings. The quantitative estimate of drug-likeness (QED) is 0.820. The summed E-state index contributed by atoms with van der Waals surface area (Å²) in [6, 6.07) is 7.48. The second kappa shape index (κ2) is 4.88. The first-order chi connectivity index (χ1) is 7.69. The molecule has 16 heavy (non-hydrogen) atoms. The third-order valence-electron chi connectivity index (χ3n) is 3.32. The lowest BCUT2D eigenvalue weighted by Crippen LogP contribution is -2.50. The Morgan fingerprint density at radius 3 is 2.56 bits per heavy atom. The first-order valence-corrected chi connectivity index (χ1v) is 6.25. The molecular formula is C14H22N2. The Labute approximate surface area is 98.7 Å². The van der Waals surface area contributed by atoms with Crippen LogP contribution in [-0.4, -0.2) is 25.7 Å². The largest absolute Gasteiger partial charge is 0.369 e. The summed E-state index contributed by atoms with van der Waals surface area (Å²) in [4.78, 5) is 2.50. The van der Waals surface area contributed by atoms with Crippen LogP contribution in [-0.2, 0) is 0 Å². The van der Waals surface area contributed by atoms with Gasteiger partial charge in [0, 0.05) is 31.4 Å². The SMILES string of the molecule is CCC1CN(c2cc(C)cc(C)c2)CCN1. The summed E-state index contributed by atoms with van der Waals surface area (Å²) in [5.41, 5.74) is 4.11. The van der Waals surface area contributed by atoms with Crippen molar-refractivity contribution in [1.29, 1.82) is 0 Å². The van der Waals surface area contributed by atoms with E-state index in [-0.39, 0.29) is 0 Å². The van der Waals surface area contributed by atoms with E-state index in [2.05, 4.69) is 49.2 Å². The van der Waals surface area contributed by atoms with Gasteiger partial charge >= 0.3 is 0 Å². The van der Waals surface area contributed by atoms with E-state index in [0.717, 1.165) is 19.6 Å². The first kappa shape index (κ1) is 11.5. The predicted octanol–water partition coefficient (Wildman–Crippen LogP) is 2.49. The predicted molar refractivity (Wildman–Crippen MR) is 70.2 cm³/mol. The van der Waals surface area contributed by atoms with Gasteiger partial charge in [0.1, 0.15) is 0 Å². The Morgan fingerprint density at radius 2 is 1.94 bits per heavy atom. The maximum absolute atomic E-state index is 3.56. The molecule has 0 bridgehead atoms. The van der Waals surface area contributed by atoms with Crippen molar-refractivity contribution in [2.45, 2.75) is 33.2 Å². The average Bonchev–Trinajstić information content (AvgIpc) is 2.28. The number of aryl methyl sites for hydroxylation is 2. The highest BCUT2D eigenvalue weighted by atomic mass is 15.2. The van der Waals surface area contributed by atoms with Crippen LogP contribution in [0.3, 0.4) is 0 Å². The van der Waals surface area contributed by atoms with E-state index in [0.29, 0.717) is 6.04 Å². The zero-order valence-corrected chi connectivity index (χ0v) is 10.6. The van der Waals surface area contributed by atoms with Gasteiger partial charge in [-0.2, -0.15) is 0 Å². The van der Waals surface area contributed by atoms with E-state index >= 15 is 0 Å². The molecule has 2 heteroatoms. The van der Waals surface area contributed by atoms with E-state index in [1.165, 1.54) is 23.2 Å². The molecule has 1 saturated heterocycles. The number of benzene rings is 1. The number of rotatable bonds is 2. The van der Waals surface area contributed by atoms with E-state index in [4.69, 9.17) is 0 Å². The molecule has 88 valence electrons. The Hall–Kier alpha value is -1.02. The Morgan fingerprint density at radius 1 is 1.25 bits per heavy atom. The first-order valence-electron chi connectivity index (χ1n) is 6.25. The Kier molecular flexibility index (Phi) is 3.49. The van der Waals surface area contributed by atoms with Crippen LogP contribution in [0.2, 0.25) is 0 Å². The van der Waals surface area contributed by atoms with Gasteiger partial charge in [0.25, 0.3) is 0 Å². The molecule has 1 aromatic carbocycles. The van der Waals surface area contributed by atoms with E-state index in [9.17, 15) is 0 Å². The number of hydrogen-bond donors (Lipinski definition) is 1. The fourth-order valence-electron chi connectivity index (χ4n) is 2.47. The molecule has 0 radical (unpaired) electrons. The number of nitrogens with one attached hydrogen (secondary N) is 1. The van der Waals surface area contributed by atoms with Gasteiger partial charge in [-0.25, -0.2) is 0 Å². The summed E-state index contributed by atoms with van der Waals surface area (Å²) in [5.74, 6) is 0. The molecule has 0 aliphatic carbocycles. The molecule has 2 nitrogen and oxygen atoms in total. The van der Waals surface area contributed by atoms with E-state index < -0.39 is 0 Å². The summed E-state index contributed by atoms with van der Waals surface area (Å²) >= 11 is 0. The standard InChI is InChI=1S/C14H22N2/c1-4-13-10-16(6-5-15-13)14-8-11(2)7-12(3)9-14/h7-9,13,15H,4-6,10H2,1-3H3. The summed E-state index contributed by atoms with van der Waals surface area (Å²) < 4.78 is 0. The minimum Gasteiger partial charge on any atom is -0.369 e. The molecule has 1 unspecified atom stereocenters. The highest BCUT2D eigenvalue weighted by Gasteiger charge is 2.17.